The highest BCUT2D eigenvalue weighted by Gasteiger charge is 2.60. The number of nitrogens with zero attached hydrogens (tertiary/aromatic N) is 1. The molecule has 1 aromatic carbocycles. The Hall–Kier alpha value is -1.35. The fourth-order valence-corrected chi connectivity index (χ4v) is 2.21. The van der Waals surface area contributed by atoms with Gasteiger partial charge < -0.3 is 9.64 Å². The number of hydrogen-bond acceptors (Lipinski definition) is 2. The van der Waals surface area contributed by atoms with Crippen LogP contribution in [0, 0.1) is 0 Å². The first-order valence-electron chi connectivity index (χ1n) is 6.15. The number of carbonyl (C=O) groups excluding carboxylic acids is 1. The number of epoxide rings is 1. The number of rotatable bonds is 4. The second-order valence-electron chi connectivity index (χ2n) is 4.49. The van der Waals surface area contributed by atoms with Crippen LogP contribution >= 0.6 is 0 Å². The minimum absolute atomic E-state index is 0.0863. The van der Waals surface area contributed by atoms with Crippen molar-refractivity contribution < 1.29 is 9.53 Å². The fraction of sp³-hybridized carbons (Fsp3) is 0.500. The van der Waals surface area contributed by atoms with Gasteiger partial charge in [-0.05, 0) is 26.3 Å². The van der Waals surface area contributed by atoms with Gasteiger partial charge >= 0.3 is 0 Å². The maximum Gasteiger partial charge on any atom is 0.257 e. The Balaban J connectivity index is 2.12. The van der Waals surface area contributed by atoms with E-state index in [1.807, 2.05) is 56.0 Å². The first kappa shape index (κ1) is 12.1. The summed E-state index contributed by atoms with van der Waals surface area (Å²) in [5.74, 6) is 0.0938. The zero-order valence-corrected chi connectivity index (χ0v) is 10.6. The third-order valence-corrected chi connectivity index (χ3v) is 3.38. The van der Waals surface area contributed by atoms with Crippen LogP contribution in [0.2, 0.25) is 0 Å². The van der Waals surface area contributed by atoms with Crippen LogP contribution in [0.15, 0.2) is 30.3 Å². The molecular formula is C14H19NO2. The van der Waals surface area contributed by atoms with Gasteiger partial charge in [-0.1, -0.05) is 30.3 Å². The molecule has 0 aromatic heterocycles. The lowest BCUT2D eigenvalue weighted by atomic mass is 10.00. The molecule has 0 spiro atoms. The average molecular weight is 233 g/mol. The van der Waals surface area contributed by atoms with E-state index in [2.05, 4.69) is 0 Å². The van der Waals surface area contributed by atoms with E-state index in [0.29, 0.717) is 0 Å². The Kier molecular flexibility index (Phi) is 3.20. The van der Waals surface area contributed by atoms with Crippen LogP contribution in [0.25, 0.3) is 0 Å². The van der Waals surface area contributed by atoms with E-state index in [0.717, 1.165) is 18.7 Å². The maximum atomic E-state index is 12.3. The van der Waals surface area contributed by atoms with Crippen molar-refractivity contribution in [1.29, 1.82) is 0 Å². The summed E-state index contributed by atoms with van der Waals surface area (Å²) >= 11 is 0. The van der Waals surface area contributed by atoms with E-state index < -0.39 is 5.60 Å². The van der Waals surface area contributed by atoms with Crippen molar-refractivity contribution in [3.8, 4) is 0 Å². The summed E-state index contributed by atoms with van der Waals surface area (Å²) in [6, 6.07) is 9.92. The summed E-state index contributed by atoms with van der Waals surface area (Å²) in [4.78, 5) is 14.1. The first-order chi connectivity index (χ1) is 8.13. The van der Waals surface area contributed by atoms with Crippen molar-refractivity contribution in [2.75, 3.05) is 13.1 Å². The second-order valence-corrected chi connectivity index (χ2v) is 4.49. The van der Waals surface area contributed by atoms with E-state index in [9.17, 15) is 4.79 Å². The summed E-state index contributed by atoms with van der Waals surface area (Å²) in [7, 11) is 0. The van der Waals surface area contributed by atoms with Crippen molar-refractivity contribution in [2.45, 2.75) is 32.5 Å². The average Bonchev–Trinajstić information content (AvgIpc) is 3.06. The van der Waals surface area contributed by atoms with Gasteiger partial charge in [0.15, 0.2) is 5.60 Å². The van der Waals surface area contributed by atoms with E-state index in [1.165, 1.54) is 0 Å². The molecule has 0 bridgehead atoms. The molecular weight excluding hydrogens is 214 g/mol. The van der Waals surface area contributed by atoms with E-state index >= 15 is 0 Å². The zero-order valence-electron chi connectivity index (χ0n) is 10.6. The summed E-state index contributed by atoms with van der Waals surface area (Å²) in [5, 5.41) is 0. The number of amides is 1. The van der Waals surface area contributed by atoms with E-state index in [-0.39, 0.29) is 12.0 Å². The summed E-state index contributed by atoms with van der Waals surface area (Å²) in [6.07, 6.45) is -0.0863. The van der Waals surface area contributed by atoms with Crippen LogP contribution in [-0.2, 0) is 9.53 Å². The van der Waals surface area contributed by atoms with E-state index in [4.69, 9.17) is 4.74 Å². The van der Waals surface area contributed by atoms with Gasteiger partial charge in [0, 0.05) is 13.1 Å². The van der Waals surface area contributed by atoms with Crippen molar-refractivity contribution in [2.24, 2.45) is 0 Å². The molecule has 1 fully saturated rings. The summed E-state index contributed by atoms with van der Waals surface area (Å²) in [6.45, 7) is 7.33. The standard InChI is InChI=1S/C14H19NO2/c1-4-15(5-2)13(16)14(3)12(17-14)11-9-7-6-8-10-11/h6-10,12H,4-5H2,1-3H3/t12-,14+/m1/s1. The van der Waals surface area contributed by atoms with Crippen LogP contribution in [0.3, 0.4) is 0 Å². The smallest absolute Gasteiger partial charge is 0.257 e. The van der Waals surface area contributed by atoms with Gasteiger partial charge in [-0.15, -0.1) is 0 Å². The van der Waals surface area contributed by atoms with E-state index in [1.54, 1.807) is 0 Å². The largest absolute Gasteiger partial charge is 0.351 e. The topological polar surface area (TPSA) is 32.8 Å². The zero-order chi connectivity index (χ0) is 12.5. The minimum atomic E-state index is -0.659. The maximum absolute atomic E-state index is 12.3. The van der Waals surface area contributed by atoms with Gasteiger partial charge in [0.1, 0.15) is 6.10 Å². The summed E-state index contributed by atoms with van der Waals surface area (Å²) < 4.78 is 5.65. The molecule has 0 radical (unpaired) electrons. The van der Waals surface area contributed by atoms with Crippen molar-refractivity contribution >= 4 is 5.91 Å². The van der Waals surface area contributed by atoms with Gasteiger partial charge in [0.25, 0.3) is 5.91 Å². The Morgan fingerprint density at radius 3 is 2.41 bits per heavy atom. The molecule has 3 nitrogen and oxygen atoms in total. The van der Waals surface area contributed by atoms with Crippen LogP contribution in [0.1, 0.15) is 32.4 Å². The van der Waals surface area contributed by atoms with Crippen LogP contribution in [-0.4, -0.2) is 29.5 Å². The van der Waals surface area contributed by atoms with Gasteiger partial charge in [-0.2, -0.15) is 0 Å². The molecule has 1 saturated heterocycles. The quantitative estimate of drug-likeness (QED) is 0.748. The van der Waals surface area contributed by atoms with Crippen molar-refractivity contribution in [3.63, 3.8) is 0 Å². The lowest BCUT2D eigenvalue weighted by Crippen LogP contribution is -2.40. The predicted octanol–water partition coefficient (Wildman–Crippen LogP) is 2.39. The molecule has 1 aliphatic heterocycles. The Labute approximate surface area is 102 Å². The second kappa shape index (κ2) is 4.49. The SMILES string of the molecule is CCN(CC)C(=O)[C@@]1(C)O[C@@H]1c1ccccc1. The minimum Gasteiger partial charge on any atom is -0.351 e. The molecule has 0 aliphatic carbocycles. The molecule has 1 heterocycles. The number of hydrogen-bond donors (Lipinski definition) is 0. The van der Waals surface area contributed by atoms with Gasteiger partial charge in [-0.25, -0.2) is 0 Å². The fourth-order valence-electron chi connectivity index (χ4n) is 2.21. The lowest BCUT2D eigenvalue weighted by Gasteiger charge is -2.21. The first-order valence-corrected chi connectivity index (χ1v) is 6.15. The third-order valence-electron chi connectivity index (χ3n) is 3.38. The number of carbonyl (C=O) groups is 1. The molecule has 2 rings (SSSR count). The molecule has 1 aliphatic rings. The summed E-state index contributed by atoms with van der Waals surface area (Å²) in [5.41, 5.74) is 0.420. The lowest BCUT2D eigenvalue weighted by molar-refractivity contribution is -0.135. The third kappa shape index (κ3) is 2.07. The Bertz CT molecular complexity index is 400. The molecule has 1 amide bonds. The highest BCUT2D eigenvalue weighted by Crippen LogP contribution is 2.50. The molecule has 0 N–H and O–H groups in total. The van der Waals surface area contributed by atoms with Crippen LogP contribution in [0.4, 0.5) is 0 Å². The molecule has 1 aromatic rings. The van der Waals surface area contributed by atoms with Crippen LogP contribution in [0.5, 0.6) is 0 Å². The molecule has 0 saturated carbocycles. The van der Waals surface area contributed by atoms with Gasteiger partial charge in [-0.3, -0.25) is 4.79 Å². The number of benzene rings is 1. The molecule has 92 valence electrons. The van der Waals surface area contributed by atoms with Crippen LogP contribution < -0.4 is 0 Å². The normalized spacial score (nSPS) is 26.6. The molecule has 0 unspecified atom stereocenters. The molecule has 17 heavy (non-hydrogen) atoms. The molecule has 3 heteroatoms. The highest BCUT2D eigenvalue weighted by atomic mass is 16.6. The van der Waals surface area contributed by atoms with Gasteiger partial charge in [0.05, 0.1) is 0 Å². The molecule has 2 atom stereocenters. The number of likely N-dealkylation sites (N-methyl/N-ethyl adjacent to an activating group) is 1. The monoisotopic (exact) mass is 233 g/mol. The van der Waals surface area contributed by atoms with Gasteiger partial charge in [0.2, 0.25) is 0 Å². The van der Waals surface area contributed by atoms with Crippen molar-refractivity contribution in [1.82, 2.24) is 4.90 Å². The Morgan fingerprint density at radius 1 is 1.29 bits per heavy atom. The highest BCUT2D eigenvalue weighted by molar-refractivity contribution is 5.88. The Morgan fingerprint density at radius 2 is 1.88 bits per heavy atom. The van der Waals surface area contributed by atoms with Crippen molar-refractivity contribution in [3.05, 3.63) is 35.9 Å². The predicted molar refractivity (Wildman–Crippen MR) is 66.6 cm³/mol. The number of ether oxygens (including phenoxy) is 1.